The number of piperidine rings is 1. The van der Waals surface area contributed by atoms with E-state index in [0.717, 1.165) is 18.1 Å². The molecule has 2 aromatic heterocycles. The van der Waals surface area contributed by atoms with Gasteiger partial charge in [-0.15, -0.1) is 10.2 Å². The number of nitrogens with zero attached hydrogens (tertiary/aromatic N) is 7. The molecule has 0 saturated carbocycles. The largest absolute Gasteiger partial charge is 0.411 e. The van der Waals surface area contributed by atoms with Crippen LogP contribution in [0.15, 0.2) is 30.6 Å². The number of benzene rings is 1. The maximum Gasteiger partial charge on any atom is 0.411 e. The minimum atomic E-state index is -4.46. The average molecular weight is 524 g/mol. The van der Waals surface area contributed by atoms with Gasteiger partial charge < -0.3 is 9.64 Å². The van der Waals surface area contributed by atoms with E-state index in [4.69, 9.17) is 16.3 Å². The summed E-state index contributed by atoms with van der Waals surface area (Å²) < 4.78 is 62.6. The molecule has 3 aromatic rings. The minimum absolute atomic E-state index is 0.0234. The Kier molecular flexibility index (Phi) is 5.65. The first kappa shape index (κ1) is 23.6. The highest BCUT2D eigenvalue weighted by Crippen LogP contribution is 2.44. The molecule has 2 saturated heterocycles. The number of hydrogen-bond acceptors (Lipinski definition) is 7. The van der Waals surface area contributed by atoms with Crippen molar-refractivity contribution in [3.63, 3.8) is 0 Å². The Bertz CT molecular complexity index is 1270. The van der Waals surface area contributed by atoms with Crippen molar-refractivity contribution in [2.24, 2.45) is 0 Å². The lowest BCUT2D eigenvalue weighted by molar-refractivity contribution is -0.310. The van der Waals surface area contributed by atoms with Gasteiger partial charge in [0, 0.05) is 30.6 Å². The molecule has 0 atom stereocenters. The lowest BCUT2D eigenvalue weighted by Gasteiger charge is -2.49. The summed E-state index contributed by atoms with van der Waals surface area (Å²) in [4.78, 5) is 11.5. The van der Waals surface area contributed by atoms with Crippen molar-refractivity contribution in [1.29, 1.82) is 0 Å². The Labute approximate surface area is 208 Å². The topological polar surface area (TPSA) is 72.2 Å². The summed E-state index contributed by atoms with van der Waals surface area (Å²) in [7, 11) is 0. The van der Waals surface area contributed by atoms with Crippen LogP contribution < -0.4 is 4.90 Å². The predicted molar refractivity (Wildman–Crippen MR) is 121 cm³/mol. The number of rotatable bonds is 3. The average Bonchev–Trinajstić information content (AvgIpc) is 3.14. The van der Waals surface area contributed by atoms with Gasteiger partial charge in [-0.1, -0.05) is 11.6 Å². The van der Waals surface area contributed by atoms with Gasteiger partial charge in [0.25, 0.3) is 0 Å². The van der Waals surface area contributed by atoms with Crippen LogP contribution in [-0.4, -0.2) is 67.7 Å². The number of anilines is 1. The number of hydrogen-bond donors (Lipinski definition) is 0. The first-order valence-electron chi connectivity index (χ1n) is 11.6. The van der Waals surface area contributed by atoms with Gasteiger partial charge in [-0.05, 0) is 36.6 Å². The highest BCUT2D eigenvalue weighted by molar-refractivity contribution is 6.30. The van der Waals surface area contributed by atoms with E-state index in [1.807, 2.05) is 15.5 Å². The van der Waals surface area contributed by atoms with Crippen LogP contribution in [0.3, 0.4) is 0 Å². The third-order valence-corrected chi connectivity index (χ3v) is 7.53. The molecule has 8 nitrogen and oxygen atoms in total. The number of aromatic nitrogens is 5. The van der Waals surface area contributed by atoms with Crippen LogP contribution in [0.25, 0.3) is 5.69 Å². The molecule has 36 heavy (non-hydrogen) atoms. The van der Waals surface area contributed by atoms with Gasteiger partial charge in [0.15, 0.2) is 17.2 Å². The van der Waals surface area contributed by atoms with Crippen LogP contribution in [0.4, 0.5) is 23.5 Å². The Morgan fingerprint density at radius 2 is 1.75 bits per heavy atom. The molecule has 0 radical (unpaired) electrons. The standard InChI is InChI=1S/C23H22ClF4N7O/c24-16-1-2-18-15(7-16)10-34(22(12-36-13-22)23(26,27)28)11-19-31-32-20(35(18)19)14-3-5-33(6-4-14)21-29-8-17(25)9-30-21/h1-2,7-9,14H,3-6,10-13H2. The molecule has 3 aliphatic heterocycles. The fourth-order valence-electron chi connectivity index (χ4n) is 5.22. The second-order valence-electron chi connectivity index (χ2n) is 9.42. The highest BCUT2D eigenvalue weighted by Gasteiger charge is 2.63. The molecule has 3 aliphatic rings. The van der Waals surface area contributed by atoms with E-state index in [2.05, 4.69) is 20.2 Å². The van der Waals surface area contributed by atoms with E-state index < -0.39 is 30.7 Å². The van der Waals surface area contributed by atoms with Crippen molar-refractivity contribution in [3.05, 3.63) is 58.6 Å². The molecular formula is C23H22ClF4N7O. The number of halogens is 5. The second kappa shape index (κ2) is 8.63. The maximum absolute atomic E-state index is 14.2. The van der Waals surface area contributed by atoms with Crippen LogP contribution in [0, 0.1) is 5.82 Å². The zero-order chi connectivity index (χ0) is 25.1. The first-order valence-corrected chi connectivity index (χ1v) is 12.0. The molecule has 1 aromatic carbocycles. The van der Waals surface area contributed by atoms with E-state index >= 15 is 0 Å². The Balaban J connectivity index is 1.33. The molecule has 2 fully saturated rings. The van der Waals surface area contributed by atoms with Crippen molar-refractivity contribution in [1.82, 2.24) is 29.6 Å². The van der Waals surface area contributed by atoms with Crippen LogP contribution in [0.1, 0.15) is 36.0 Å². The van der Waals surface area contributed by atoms with Crippen LogP contribution in [0.5, 0.6) is 0 Å². The zero-order valence-electron chi connectivity index (χ0n) is 19.0. The number of alkyl halides is 3. The molecule has 0 N–H and O–H groups in total. The molecular weight excluding hydrogens is 502 g/mol. The van der Waals surface area contributed by atoms with Gasteiger partial charge in [0.2, 0.25) is 5.95 Å². The van der Waals surface area contributed by atoms with Crippen LogP contribution in [0.2, 0.25) is 5.02 Å². The van der Waals surface area contributed by atoms with E-state index in [0.29, 0.717) is 54.1 Å². The molecule has 0 bridgehead atoms. The van der Waals surface area contributed by atoms with Crippen molar-refractivity contribution >= 4 is 17.5 Å². The van der Waals surface area contributed by atoms with Gasteiger partial charge in [-0.3, -0.25) is 9.47 Å². The summed E-state index contributed by atoms with van der Waals surface area (Å²) in [6, 6.07) is 5.25. The molecule has 0 aliphatic carbocycles. The molecule has 13 heteroatoms. The third-order valence-electron chi connectivity index (χ3n) is 7.30. The van der Waals surface area contributed by atoms with Gasteiger partial charge in [-0.2, -0.15) is 13.2 Å². The van der Waals surface area contributed by atoms with Gasteiger partial charge in [0.05, 0.1) is 37.8 Å². The monoisotopic (exact) mass is 523 g/mol. The smallest absolute Gasteiger partial charge is 0.377 e. The van der Waals surface area contributed by atoms with Crippen molar-refractivity contribution in [3.8, 4) is 5.69 Å². The quantitative estimate of drug-likeness (QED) is 0.482. The summed E-state index contributed by atoms with van der Waals surface area (Å²) in [6.45, 7) is 0.459. The van der Waals surface area contributed by atoms with Gasteiger partial charge in [-0.25, -0.2) is 14.4 Å². The van der Waals surface area contributed by atoms with E-state index in [9.17, 15) is 17.6 Å². The van der Waals surface area contributed by atoms with Gasteiger partial charge >= 0.3 is 6.18 Å². The van der Waals surface area contributed by atoms with Crippen molar-refractivity contribution < 1.29 is 22.3 Å². The van der Waals surface area contributed by atoms with Gasteiger partial charge in [0.1, 0.15) is 5.82 Å². The van der Waals surface area contributed by atoms with E-state index in [1.54, 1.807) is 12.1 Å². The first-order chi connectivity index (χ1) is 17.2. The molecule has 0 unspecified atom stereocenters. The Morgan fingerprint density at radius 3 is 2.39 bits per heavy atom. The molecule has 0 amide bonds. The number of ether oxygens (including phenoxy) is 1. The third kappa shape index (κ3) is 3.82. The predicted octanol–water partition coefficient (Wildman–Crippen LogP) is 3.88. The number of fused-ring (bicyclic) bond motifs is 3. The summed E-state index contributed by atoms with van der Waals surface area (Å²) in [5, 5.41) is 9.26. The Morgan fingerprint density at radius 1 is 1.03 bits per heavy atom. The molecule has 190 valence electrons. The fraction of sp³-hybridized carbons (Fsp3) is 0.478. The molecule has 6 rings (SSSR count). The SMILES string of the molecule is Fc1cnc(N2CCC(c3nnc4n3-c3ccc(Cl)cc3CN(C3(C(F)(F)F)COC3)C4)CC2)nc1. The van der Waals surface area contributed by atoms with Crippen molar-refractivity contribution in [2.45, 2.75) is 43.6 Å². The van der Waals surface area contributed by atoms with Crippen LogP contribution >= 0.6 is 11.6 Å². The van der Waals surface area contributed by atoms with E-state index in [-0.39, 0.29) is 19.0 Å². The van der Waals surface area contributed by atoms with Crippen molar-refractivity contribution in [2.75, 3.05) is 31.2 Å². The lowest BCUT2D eigenvalue weighted by atomic mass is 9.93. The summed E-state index contributed by atoms with van der Waals surface area (Å²) in [6.07, 6.45) is -0.752. The summed E-state index contributed by atoms with van der Waals surface area (Å²) in [5.41, 5.74) is -0.664. The minimum Gasteiger partial charge on any atom is -0.377 e. The molecule has 5 heterocycles. The summed E-state index contributed by atoms with van der Waals surface area (Å²) in [5.74, 6) is 1.16. The van der Waals surface area contributed by atoms with E-state index in [1.165, 1.54) is 4.90 Å². The zero-order valence-corrected chi connectivity index (χ0v) is 19.8. The Hall–Kier alpha value is -2.83. The second-order valence-corrected chi connectivity index (χ2v) is 9.86. The maximum atomic E-state index is 14.2. The molecule has 0 spiro atoms. The fourth-order valence-corrected chi connectivity index (χ4v) is 5.42. The highest BCUT2D eigenvalue weighted by atomic mass is 35.5. The normalized spacial score (nSPS) is 20.4. The summed E-state index contributed by atoms with van der Waals surface area (Å²) >= 11 is 6.26. The van der Waals surface area contributed by atoms with Crippen LogP contribution in [-0.2, 0) is 17.8 Å². The lowest BCUT2D eigenvalue weighted by Crippen LogP contribution is -2.69.